The van der Waals surface area contributed by atoms with E-state index in [1.54, 1.807) is 0 Å². The molecule has 1 aromatic rings. The van der Waals surface area contributed by atoms with Gasteiger partial charge in [-0.2, -0.15) is 0 Å². The van der Waals surface area contributed by atoms with Crippen molar-refractivity contribution in [1.29, 1.82) is 0 Å². The van der Waals surface area contributed by atoms with Gasteiger partial charge in [-0.25, -0.2) is 0 Å². The number of ether oxygens (including phenoxy) is 2. The first kappa shape index (κ1) is 15.9. The Balaban J connectivity index is 2.15. The van der Waals surface area contributed by atoms with Crippen LogP contribution in [0.5, 0.6) is 0 Å². The van der Waals surface area contributed by atoms with Crippen LogP contribution in [-0.2, 0) is 19.9 Å². The minimum absolute atomic E-state index is 0.00134. The molecule has 0 spiro atoms. The lowest BCUT2D eigenvalue weighted by Gasteiger charge is -2.39. The highest BCUT2D eigenvalue weighted by Gasteiger charge is 2.39. The highest BCUT2D eigenvalue weighted by atomic mass is 16.5. The maximum atomic E-state index is 11.6. The number of nitrogens with one attached hydrogen (secondary N) is 1. The monoisotopic (exact) mass is 293 g/mol. The molecule has 1 heterocycles. The van der Waals surface area contributed by atoms with Gasteiger partial charge >= 0.3 is 0 Å². The molecule has 1 aromatic carbocycles. The number of hydrogen-bond acceptors (Lipinski definition) is 4. The number of aliphatic hydroxyl groups is 1. The average Bonchev–Trinajstić information content (AvgIpc) is 2.54. The molecule has 5 nitrogen and oxygen atoms in total. The summed E-state index contributed by atoms with van der Waals surface area (Å²) < 4.78 is 10.2. The van der Waals surface area contributed by atoms with Crippen molar-refractivity contribution in [3.63, 3.8) is 0 Å². The smallest absolute Gasteiger partial charge is 0.246 e. The number of methoxy groups -OCH3 is 1. The van der Waals surface area contributed by atoms with Crippen LogP contribution in [0.3, 0.4) is 0 Å². The molecular formula is C16H23NO4. The Labute approximate surface area is 125 Å². The van der Waals surface area contributed by atoms with Gasteiger partial charge in [0, 0.05) is 20.3 Å². The molecule has 1 atom stereocenters. The summed E-state index contributed by atoms with van der Waals surface area (Å²) in [6.07, 6.45) is 1.57. The number of benzene rings is 1. The minimum atomic E-state index is -1.07. The molecule has 1 fully saturated rings. The van der Waals surface area contributed by atoms with Crippen LogP contribution in [0, 0.1) is 5.92 Å². The second-order valence-electron chi connectivity index (χ2n) is 5.39. The molecule has 1 saturated heterocycles. The van der Waals surface area contributed by atoms with E-state index in [1.807, 2.05) is 30.3 Å². The van der Waals surface area contributed by atoms with Crippen molar-refractivity contribution in [3.05, 3.63) is 35.9 Å². The van der Waals surface area contributed by atoms with Gasteiger partial charge in [-0.1, -0.05) is 30.3 Å². The van der Waals surface area contributed by atoms with E-state index in [4.69, 9.17) is 9.47 Å². The van der Waals surface area contributed by atoms with Gasteiger partial charge in [0.05, 0.1) is 6.54 Å². The first-order chi connectivity index (χ1) is 10.2. The lowest BCUT2D eigenvalue weighted by atomic mass is 9.77. The van der Waals surface area contributed by atoms with Gasteiger partial charge < -0.3 is 19.9 Å². The zero-order valence-electron chi connectivity index (χ0n) is 12.4. The number of amides is 1. The maximum Gasteiger partial charge on any atom is 0.246 e. The predicted molar refractivity (Wildman–Crippen MR) is 78.8 cm³/mol. The van der Waals surface area contributed by atoms with Crippen molar-refractivity contribution in [1.82, 2.24) is 5.32 Å². The Morgan fingerprint density at radius 1 is 1.38 bits per heavy atom. The quantitative estimate of drug-likeness (QED) is 0.823. The summed E-state index contributed by atoms with van der Waals surface area (Å²) in [5.41, 5.74) is -0.247. The fourth-order valence-electron chi connectivity index (χ4n) is 2.80. The topological polar surface area (TPSA) is 67.8 Å². The highest BCUT2D eigenvalue weighted by molar-refractivity contribution is 5.77. The van der Waals surface area contributed by atoms with E-state index in [0.29, 0.717) is 13.2 Å². The molecule has 0 bridgehead atoms. The van der Waals surface area contributed by atoms with Gasteiger partial charge in [-0.15, -0.1) is 0 Å². The summed E-state index contributed by atoms with van der Waals surface area (Å²) in [5, 5.41) is 14.0. The van der Waals surface area contributed by atoms with Crippen LogP contribution in [-0.4, -0.2) is 44.5 Å². The Kier molecular flexibility index (Phi) is 5.73. The number of hydrogen-bond donors (Lipinski definition) is 2. The van der Waals surface area contributed by atoms with Crippen molar-refractivity contribution < 1.29 is 19.4 Å². The Hall–Kier alpha value is -1.43. The third kappa shape index (κ3) is 4.03. The van der Waals surface area contributed by atoms with E-state index >= 15 is 0 Å². The molecule has 116 valence electrons. The van der Waals surface area contributed by atoms with Crippen molar-refractivity contribution in [2.45, 2.75) is 18.4 Å². The van der Waals surface area contributed by atoms with Crippen molar-refractivity contribution >= 4 is 5.91 Å². The van der Waals surface area contributed by atoms with E-state index in [0.717, 1.165) is 18.4 Å². The molecule has 0 radical (unpaired) electrons. The van der Waals surface area contributed by atoms with Gasteiger partial charge in [0.15, 0.2) is 0 Å². The SMILES string of the molecule is COCC(=O)NCC(O)(c1ccccc1)C1CCOCC1. The van der Waals surface area contributed by atoms with Gasteiger partial charge in [-0.05, 0) is 24.3 Å². The molecule has 1 unspecified atom stereocenters. The third-order valence-corrected chi connectivity index (χ3v) is 4.00. The molecule has 0 aliphatic carbocycles. The molecule has 2 N–H and O–H groups in total. The Morgan fingerprint density at radius 2 is 2.05 bits per heavy atom. The van der Waals surface area contributed by atoms with Crippen LogP contribution in [0.4, 0.5) is 0 Å². The second-order valence-corrected chi connectivity index (χ2v) is 5.39. The van der Waals surface area contributed by atoms with Crippen LogP contribution in [0.15, 0.2) is 30.3 Å². The minimum Gasteiger partial charge on any atom is -0.383 e. The zero-order chi connectivity index (χ0) is 15.1. The summed E-state index contributed by atoms with van der Waals surface area (Å²) >= 11 is 0. The van der Waals surface area contributed by atoms with Crippen LogP contribution < -0.4 is 5.32 Å². The molecule has 0 aromatic heterocycles. The maximum absolute atomic E-state index is 11.6. The number of carbonyl (C=O) groups excluding carboxylic acids is 1. The predicted octanol–water partition coefficient (Wildman–Crippen LogP) is 1.06. The number of carbonyl (C=O) groups is 1. The van der Waals surface area contributed by atoms with E-state index in [9.17, 15) is 9.90 Å². The summed E-state index contributed by atoms with van der Waals surface area (Å²) in [6.45, 7) is 1.47. The molecular weight excluding hydrogens is 270 g/mol. The van der Waals surface area contributed by atoms with Gasteiger partial charge in [0.25, 0.3) is 0 Å². The van der Waals surface area contributed by atoms with E-state index in [1.165, 1.54) is 7.11 Å². The Bertz CT molecular complexity index is 445. The lowest BCUT2D eigenvalue weighted by Crippen LogP contribution is -2.48. The molecule has 1 aliphatic heterocycles. The van der Waals surface area contributed by atoms with Crippen LogP contribution >= 0.6 is 0 Å². The average molecular weight is 293 g/mol. The van der Waals surface area contributed by atoms with E-state index < -0.39 is 5.60 Å². The first-order valence-electron chi connectivity index (χ1n) is 7.28. The van der Waals surface area contributed by atoms with Gasteiger partial charge in [-0.3, -0.25) is 4.79 Å². The fourth-order valence-corrected chi connectivity index (χ4v) is 2.80. The molecule has 0 saturated carbocycles. The number of rotatable bonds is 6. The Morgan fingerprint density at radius 3 is 2.67 bits per heavy atom. The first-order valence-corrected chi connectivity index (χ1v) is 7.28. The summed E-state index contributed by atoms with van der Waals surface area (Å²) in [5.74, 6) is -0.157. The van der Waals surface area contributed by atoms with Crippen LogP contribution in [0.25, 0.3) is 0 Å². The molecule has 1 aliphatic rings. The van der Waals surface area contributed by atoms with Gasteiger partial charge in [0.2, 0.25) is 5.91 Å². The van der Waals surface area contributed by atoms with Crippen molar-refractivity contribution in [2.24, 2.45) is 5.92 Å². The lowest BCUT2D eigenvalue weighted by molar-refractivity contribution is -0.127. The molecule has 21 heavy (non-hydrogen) atoms. The van der Waals surface area contributed by atoms with E-state index in [2.05, 4.69) is 5.32 Å². The normalized spacial score (nSPS) is 19.0. The molecule has 5 heteroatoms. The molecule has 1 amide bonds. The van der Waals surface area contributed by atoms with Crippen molar-refractivity contribution in [3.8, 4) is 0 Å². The van der Waals surface area contributed by atoms with Crippen molar-refractivity contribution in [2.75, 3.05) is 33.5 Å². The largest absolute Gasteiger partial charge is 0.383 e. The zero-order valence-corrected chi connectivity index (χ0v) is 12.4. The van der Waals surface area contributed by atoms with Crippen LogP contribution in [0.1, 0.15) is 18.4 Å². The van der Waals surface area contributed by atoms with Gasteiger partial charge in [0.1, 0.15) is 12.2 Å². The second kappa shape index (κ2) is 7.54. The fraction of sp³-hybridized carbons (Fsp3) is 0.562. The summed E-state index contributed by atoms with van der Waals surface area (Å²) in [6, 6.07) is 9.51. The molecule has 2 rings (SSSR count). The standard InChI is InChI=1S/C16H23NO4/c1-20-11-15(18)17-12-16(19,13-5-3-2-4-6-13)14-7-9-21-10-8-14/h2-6,14,19H,7-12H2,1H3,(H,17,18). The van der Waals surface area contributed by atoms with E-state index in [-0.39, 0.29) is 25.0 Å². The highest BCUT2D eigenvalue weighted by Crippen LogP contribution is 2.35. The summed E-state index contributed by atoms with van der Waals surface area (Å²) in [4.78, 5) is 11.6. The van der Waals surface area contributed by atoms with Crippen LogP contribution in [0.2, 0.25) is 0 Å². The third-order valence-electron chi connectivity index (χ3n) is 4.00. The summed E-state index contributed by atoms with van der Waals surface area (Å²) in [7, 11) is 1.47.